The Morgan fingerprint density at radius 1 is 1.19 bits per heavy atom. The van der Waals surface area contributed by atoms with E-state index >= 15 is 0 Å². The maximum absolute atomic E-state index is 13.8. The highest BCUT2D eigenvalue weighted by Gasteiger charge is 2.27. The number of carbonyl (C=O) groups is 1. The molecule has 2 N–H and O–H groups in total. The summed E-state index contributed by atoms with van der Waals surface area (Å²) >= 11 is 0. The fourth-order valence-electron chi connectivity index (χ4n) is 3.08. The Kier molecular flexibility index (Phi) is 4.45. The summed E-state index contributed by atoms with van der Waals surface area (Å²) in [6.45, 7) is 2.51. The molecule has 0 radical (unpaired) electrons. The summed E-state index contributed by atoms with van der Waals surface area (Å²) in [5.74, 6) is -1.42. The molecule has 1 amide bonds. The van der Waals surface area contributed by atoms with E-state index in [1.54, 1.807) is 10.7 Å². The Morgan fingerprint density at radius 2 is 1.96 bits per heavy atom. The number of benzene rings is 2. The number of amides is 1. The molecule has 0 saturated heterocycles. The van der Waals surface area contributed by atoms with Gasteiger partial charge in [0.1, 0.15) is 23.5 Å². The Bertz CT molecular complexity index is 998. The largest absolute Gasteiger partial charge is 0.347 e. The standard InChI is InChI=1S/C20H18F2N4O/c1-12-2-4-13(5-3-12)17-9-18-20(27)24-11-19(26(18)25-17)23-10-14-6-7-15(21)8-16(14)22/h2-9,19,23H,10-11H2,1H3,(H,24,27)/t19-/m0/s1. The zero-order valence-corrected chi connectivity index (χ0v) is 14.7. The molecule has 7 heteroatoms. The first-order valence-corrected chi connectivity index (χ1v) is 8.63. The first-order chi connectivity index (χ1) is 13.0. The molecule has 5 nitrogen and oxygen atoms in total. The second kappa shape index (κ2) is 6.92. The van der Waals surface area contributed by atoms with E-state index < -0.39 is 11.6 Å². The maximum Gasteiger partial charge on any atom is 0.269 e. The molecule has 2 heterocycles. The van der Waals surface area contributed by atoms with E-state index in [0.29, 0.717) is 23.5 Å². The Morgan fingerprint density at radius 3 is 2.70 bits per heavy atom. The van der Waals surface area contributed by atoms with Gasteiger partial charge < -0.3 is 5.32 Å². The van der Waals surface area contributed by atoms with E-state index in [-0.39, 0.29) is 18.6 Å². The highest BCUT2D eigenvalue weighted by Crippen LogP contribution is 2.23. The minimum atomic E-state index is -0.613. The summed E-state index contributed by atoms with van der Waals surface area (Å²) in [5.41, 5.74) is 3.54. The number of rotatable bonds is 4. The van der Waals surface area contributed by atoms with Crippen molar-refractivity contribution < 1.29 is 13.6 Å². The Hall–Kier alpha value is -3.06. The number of hydrogen-bond donors (Lipinski definition) is 2. The monoisotopic (exact) mass is 368 g/mol. The molecule has 1 atom stereocenters. The number of hydrogen-bond acceptors (Lipinski definition) is 3. The van der Waals surface area contributed by atoms with Crippen LogP contribution in [-0.4, -0.2) is 22.2 Å². The zero-order chi connectivity index (χ0) is 19.0. The second-order valence-corrected chi connectivity index (χ2v) is 6.57. The van der Waals surface area contributed by atoms with Crippen LogP contribution in [0.15, 0.2) is 48.5 Å². The maximum atomic E-state index is 13.8. The summed E-state index contributed by atoms with van der Waals surface area (Å²) in [4.78, 5) is 12.2. The first-order valence-electron chi connectivity index (χ1n) is 8.63. The predicted molar refractivity (Wildman–Crippen MR) is 97.0 cm³/mol. The number of aryl methyl sites for hydroxylation is 1. The second-order valence-electron chi connectivity index (χ2n) is 6.57. The van der Waals surface area contributed by atoms with Crippen LogP contribution >= 0.6 is 0 Å². The molecule has 0 unspecified atom stereocenters. The van der Waals surface area contributed by atoms with Crippen molar-refractivity contribution in [1.29, 1.82) is 0 Å². The molecule has 0 aliphatic carbocycles. The smallest absolute Gasteiger partial charge is 0.269 e. The van der Waals surface area contributed by atoms with E-state index in [1.165, 1.54) is 12.1 Å². The lowest BCUT2D eigenvalue weighted by atomic mass is 10.1. The van der Waals surface area contributed by atoms with Gasteiger partial charge in [0.25, 0.3) is 5.91 Å². The quantitative estimate of drug-likeness (QED) is 0.744. The van der Waals surface area contributed by atoms with Crippen LogP contribution in [0, 0.1) is 18.6 Å². The predicted octanol–water partition coefficient (Wildman–Crippen LogP) is 3.17. The van der Waals surface area contributed by atoms with Gasteiger partial charge in [0, 0.05) is 23.7 Å². The average molecular weight is 368 g/mol. The van der Waals surface area contributed by atoms with Crippen LogP contribution in [0.1, 0.15) is 27.8 Å². The summed E-state index contributed by atoms with van der Waals surface area (Å²) in [5, 5.41) is 10.5. The van der Waals surface area contributed by atoms with Crippen molar-refractivity contribution in [1.82, 2.24) is 20.4 Å². The van der Waals surface area contributed by atoms with Crippen LogP contribution in [0.4, 0.5) is 8.78 Å². The Balaban J connectivity index is 1.59. The van der Waals surface area contributed by atoms with Gasteiger partial charge in [0.15, 0.2) is 0 Å². The fourth-order valence-corrected chi connectivity index (χ4v) is 3.08. The van der Waals surface area contributed by atoms with Crippen molar-refractivity contribution in [2.24, 2.45) is 0 Å². The van der Waals surface area contributed by atoms with Gasteiger partial charge in [-0.25, -0.2) is 13.5 Å². The van der Waals surface area contributed by atoms with E-state index in [1.807, 2.05) is 31.2 Å². The lowest BCUT2D eigenvalue weighted by Crippen LogP contribution is -2.45. The SMILES string of the molecule is Cc1ccc(-c2cc3n(n2)[C@H](NCc2ccc(F)cc2F)CNC3=O)cc1. The topological polar surface area (TPSA) is 59.0 Å². The fraction of sp³-hybridized carbons (Fsp3) is 0.200. The Labute approximate surface area is 155 Å². The van der Waals surface area contributed by atoms with Gasteiger partial charge in [-0.15, -0.1) is 0 Å². The van der Waals surface area contributed by atoms with Gasteiger partial charge in [-0.3, -0.25) is 10.1 Å². The molecule has 138 valence electrons. The van der Waals surface area contributed by atoms with Crippen molar-refractivity contribution in [3.63, 3.8) is 0 Å². The molecular weight excluding hydrogens is 350 g/mol. The molecule has 27 heavy (non-hydrogen) atoms. The third-order valence-corrected chi connectivity index (χ3v) is 4.61. The third-order valence-electron chi connectivity index (χ3n) is 4.61. The number of carbonyl (C=O) groups excluding carboxylic acids is 1. The van der Waals surface area contributed by atoms with E-state index in [9.17, 15) is 13.6 Å². The van der Waals surface area contributed by atoms with Crippen molar-refractivity contribution in [2.75, 3.05) is 6.54 Å². The molecule has 1 aromatic heterocycles. The van der Waals surface area contributed by atoms with E-state index in [2.05, 4.69) is 15.7 Å². The summed E-state index contributed by atoms with van der Waals surface area (Å²) in [7, 11) is 0. The molecule has 1 aliphatic heterocycles. The highest BCUT2D eigenvalue weighted by molar-refractivity contribution is 5.94. The van der Waals surface area contributed by atoms with E-state index in [0.717, 1.165) is 17.2 Å². The van der Waals surface area contributed by atoms with Crippen LogP contribution < -0.4 is 10.6 Å². The highest BCUT2D eigenvalue weighted by atomic mass is 19.1. The molecule has 4 rings (SSSR count). The third kappa shape index (κ3) is 3.46. The molecular formula is C20H18F2N4O. The van der Waals surface area contributed by atoms with Gasteiger partial charge in [-0.2, -0.15) is 5.10 Å². The van der Waals surface area contributed by atoms with Gasteiger partial charge in [0.05, 0.1) is 12.2 Å². The van der Waals surface area contributed by atoms with Crippen LogP contribution in [0.3, 0.4) is 0 Å². The lowest BCUT2D eigenvalue weighted by molar-refractivity contribution is 0.0900. The van der Waals surface area contributed by atoms with Crippen molar-refractivity contribution in [3.05, 3.63) is 77.0 Å². The molecule has 0 fully saturated rings. The minimum absolute atomic E-state index is 0.186. The van der Waals surface area contributed by atoms with Gasteiger partial charge in [0.2, 0.25) is 0 Å². The van der Waals surface area contributed by atoms with Crippen molar-refractivity contribution in [2.45, 2.75) is 19.6 Å². The molecule has 0 spiro atoms. The molecule has 3 aromatic rings. The molecule has 2 aromatic carbocycles. The van der Waals surface area contributed by atoms with Crippen LogP contribution in [0.2, 0.25) is 0 Å². The van der Waals surface area contributed by atoms with Gasteiger partial charge >= 0.3 is 0 Å². The normalized spacial score (nSPS) is 16.1. The number of nitrogens with one attached hydrogen (secondary N) is 2. The summed E-state index contributed by atoms with van der Waals surface area (Å²) < 4.78 is 28.5. The zero-order valence-electron chi connectivity index (χ0n) is 14.7. The average Bonchev–Trinajstić information content (AvgIpc) is 3.09. The minimum Gasteiger partial charge on any atom is -0.347 e. The van der Waals surface area contributed by atoms with Crippen LogP contribution in [0.25, 0.3) is 11.3 Å². The molecule has 0 bridgehead atoms. The van der Waals surface area contributed by atoms with Crippen LogP contribution in [-0.2, 0) is 6.54 Å². The van der Waals surface area contributed by atoms with Crippen LogP contribution in [0.5, 0.6) is 0 Å². The molecule has 1 aliphatic rings. The first kappa shape index (κ1) is 17.4. The number of halogens is 2. The van der Waals surface area contributed by atoms with Gasteiger partial charge in [-0.05, 0) is 19.1 Å². The van der Waals surface area contributed by atoms with Gasteiger partial charge in [-0.1, -0.05) is 35.9 Å². The molecule has 0 saturated carbocycles. The number of nitrogens with zero attached hydrogens (tertiary/aromatic N) is 2. The van der Waals surface area contributed by atoms with Crippen molar-refractivity contribution >= 4 is 5.91 Å². The van der Waals surface area contributed by atoms with E-state index in [4.69, 9.17) is 0 Å². The summed E-state index contributed by atoms with van der Waals surface area (Å²) in [6, 6.07) is 13.1. The summed E-state index contributed by atoms with van der Waals surface area (Å²) in [6.07, 6.45) is -0.332. The number of fused-ring (bicyclic) bond motifs is 1. The number of aromatic nitrogens is 2. The van der Waals surface area contributed by atoms with Crippen molar-refractivity contribution in [3.8, 4) is 11.3 Å². The lowest BCUT2D eigenvalue weighted by Gasteiger charge is -2.25.